The summed E-state index contributed by atoms with van der Waals surface area (Å²) in [5.74, 6) is 0.294. The number of aryl methyl sites for hydroxylation is 2. The number of nitrogens with one attached hydrogen (secondary N) is 1. The minimum Gasteiger partial charge on any atom is -0.308 e. The van der Waals surface area contributed by atoms with Crippen molar-refractivity contribution in [1.29, 1.82) is 0 Å². The number of aromatic nitrogens is 4. The summed E-state index contributed by atoms with van der Waals surface area (Å²) in [6, 6.07) is 9.03. The summed E-state index contributed by atoms with van der Waals surface area (Å²) >= 11 is 12.4. The lowest BCUT2D eigenvalue weighted by molar-refractivity contribution is -0.117. The average Bonchev–Trinajstić information content (AvgIpc) is 3.09. The highest BCUT2D eigenvalue weighted by atomic mass is 35.5. The van der Waals surface area contributed by atoms with Gasteiger partial charge in [0.25, 0.3) is 0 Å². The molecule has 1 N–H and O–H groups in total. The summed E-state index contributed by atoms with van der Waals surface area (Å²) in [5.41, 5.74) is 2.61. The van der Waals surface area contributed by atoms with Crippen LogP contribution in [0.1, 0.15) is 17.0 Å². The molecule has 3 aromatic rings. The molecule has 6 nitrogen and oxygen atoms in total. The van der Waals surface area contributed by atoms with Crippen molar-refractivity contribution in [2.75, 3.05) is 5.32 Å². The smallest absolute Gasteiger partial charge is 0.247 e. The molecule has 130 valence electrons. The summed E-state index contributed by atoms with van der Waals surface area (Å²) < 4.78 is 3.38. The molecule has 0 radical (unpaired) electrons. The Balaban J connectivity index is 1.72. The fourth-order valence-corrected chi connectivity index (χ4v) is 2.96. The molecule has 0 fully saturated rings. The van der Waals surface area contributed by atoms with Gasteiger partial charge in [0, 0.05) is 39.3 Å². The third-order valence-electron chi connectivity index (χ3n) is 3.84. The third-order valence-corrected chi connectivity index (χ3v) is 4.55. The predicted molar refractivity (Wildman–Crippen MR) is 98.1 cm³/mol. The van der Waals surface area contributed by atoms with Crippen molar-refractivity contribution in [2.24, 2.45) is 0 Å². The third kappa shape index (κ3) is 4.03. The van der Waals surface area contributed by atoms with Gasteiger partial charge in [-0.2, -0.15) is 10.2 Å². The van der Waals surface area contributed by atoms with E-state index in [2.05, 4.69) is 15.5 Å². The number of anilines is 1. The molecule has 0 aliphatic rings. The molecule has 8 heteroatoms. The maximum atomic E-state index is 12.2. The fraction of sp³-hybridized carbons (Fsp3) is 0.235. The molecule has 1 amide bonds. The Hall–Kier alpha value is -2.31. The Kier molecular flexibility index (Phi) is 5.11. The molecular formula is C17H17Cl2N5O. The van der Waals surface area contributed by atoms with E-state index in [1.165, 1.54) is 0 Å². The van der Waals surface area contributed by atoms with E-state index in [4.69, 9.17) is 23.2 Å². The first-order chi connectivity index (χ1) is 11.9. The summed E-state index contributed by atoms with van der Waals surface area (Å²) in [7, 11) is 0. The van der Waals surface area contributed by atoms with Crippen LogP contribution >= 0.6 is 23.2 Å². The van der Waals surface area contributed by atoms with Crippen LogP contribution in [-0.4, -0.2) is 25.5 Å². The van der Waals surface area contributed by atoms with E-state index in [0.29, 0.717) is 22.4 Å². The van der Waals surface area contributed by atoms with Crippen molar-refractivity contribution >= 4 is 34.9 Å². The molecule has 0 bridgehead atoms. The van der Waals surface area contributed by atoms with Gasteiger partial charge < -0.3 is 5.32 Å². The van der Waals surface area contributed by atoms with Gasteiger partial charge in [0.2, 0.25) is 5.91 Å². The second kappa shape index (κ2) is 7.29. The second-order valence-corrected chi connectivity index (χ2v) is 6.52. The number of rotatable bonds is 5. The second-order valence-electron chi connectivity index (χ2n) is 5.71. The van der Waals surface area contributed by atoms with Gasteiger partial charge in [-0.15, -0.1) is 0 Å². The van der Waals surface area contributed by atoms with Crippen molar-refractivity contribution < 1.29 is 4.79 Å². The van der Waals surface area contributed by atoms with Crippen LogP contribution < -0.4 is 5.32 Å². The van der Waals surface area contributed by atoms with E-state index in [1.807, 2.05) is 19.9 Å². The van der Waals surface area contributed by atoms with E-state index in [9.17, 15) is 4.79 Å². The van der Waals surface area contributed by atoms with Gasteiger partial charge in [-0.3, -0.25) is 14.2 Å². The van der Waals surface area contributed by atoms with E-state index in [1.54, 1.807) is 39.8 Å². The normalized spacial score (nSPS) is 10.9. The fourth-order valence-electron chi connectivity index (χ4n) is 2.45. The number of amides is 1. The molecule has 3 rings (SSSR count). The first-order valence-corrected chi connectivity index (χ1v) is 8.45. The summed E-state index contributed by atoms with van der Waals surface area (Å²) in [6.07, 6.45) is 1.66. The molecule has 0 aliphatic heterocycles. The summed E-state index contributed by atoms with van der Waals surface area (Å²) in [5, 5.41) is 12.5. The number of benzene rings is 1. The standard InChI is InChI=1S/C17H17Cl2N5O/c1-11-6-7-20-23(11)10-17(25)21-16-8-12(2)24(22-16)9-13-14(18)4-3-5-15(13)19/h3-8H,9-10H2,1-2H3,(H,21,22,25). The number of carbonyl (C=O) groups excluding carboxylic acids is 1. The molecule has 0 aliphatic carbocycles. The number of carbonyl (C=O) groups is 1. The zero-order valence-electron chi connectivity index (χ0n) is 13.8. The molecule has 0 saturated carbocycles. The number of nitrogens with zero attached hydrogens (tertiary/aromatic N) is 4. The SMILES string of the molecule is Cc1ccnn1CC(=O)Nc1cc(C)n(Cc2c(Cl)cccc2Cl)n1. The molecule has 25 heavy (non-hydrogen) atoms. The molecule has 0 atom stereocenters. The van der Waals surface area contributed by atoms with Crippen molar-refractivity contribution in [3.05, 3.63) is 63.5 Å². The Bertz CT molecular complexity index is 895. The highest BCUT2D eigenvalue weighted by molar-refractivity contribution is 6.35. The quantitative estimate of drug-likeness (QED) is 0.737. The van der Waals surface area contributed by atoms with E-state index in [0.717, 1.165) is 17.0 Å². The highest BCUT2D eigenvalue weighted by Gasteiger charge is 2.12. The highest BCUT2D eigenvalue weighted by Crippen LogP contribution is 2.25. The lowest BCUT2D eigenvalue weighted by atomic mass is 10.2. The van der Waals surface area contributed by atoms with Crippen LogP contribution in [0.2, 0.25) is 10.0 Å². The van der Waals surface area contributed by atoms with Crippen molar-refractivity contribution in [3.63, 3.8) is 0 Å². The van der Waals surface area contributed by atoms with Crippen LogP contribution in [0.3, 0.4) is 0 Å². The number of hydrogen-bond donors (Lipinski definition) is 1. The van der Waals surface area contributed by atoms with Crippen molar-refractivity contribution in [1.82, 2.24) is 19.6 Å². The molecule has 2 aromatic heterocycles. The number of halogens is 2. The number of hydrogen-bond acceptors (Lipinski definition) is 3. The minimum atomic E-state index is -0.188. The molecule has 2 heterocycles. The molecule has 1 aromatic carbocycles. The van der Waals surface area contributed by atoms with Crippen LogP contribution in [0, 0.1) is 13.8 Å². The van der Waals surface area contributed by atoms with E-state index >= 15 is 0 Å². The zero-order valence-corrected chi connectivity index (χ0v) is 15.3. The van der Waals surface area contributed by atoms with Crippen LogP contribution in [0.4, 0.5) is 5.82 Å². The monoisotopic (exact) mass is 377 g/mol. The van der Waals surface area contributed by atoms with Gasteiger partial charge in [-0.25, -0.2) is 0 Å². The van der Waals surface area contributed by atoms with Gasteiger partial charge in [-0.1, -0.05) is 29.3 Å². The minimum absolute atomic E-state index is 0.140. The molecule has 0 spiro atoms. The van der Waals surface area contributed by atoms with Crippen LogP contribution in [0.25, 0.3) is 0 Å². The van der Waals surface area contributed by atoms with Crippen LogP contribution in [0.15, 0.2) is 36.5 Å². The maximum Gasteiger partial charge on any atom is 0.247 e. The van der Waals surface area contributed by atoms with E-state index < -0.39 is 0 Å². The first-order valence-electron chi connectivity index (χ1n) is 7.69. The molecular weight excluding hydrogens is 361 g/mol. The van der Waals surface area contributed by atoms with E-state index in [-0.39, 0.29) is 12.5 Å². The lowest BCUT2D eigenvalue weighted by Crippen LogP contribution is -2.20. The van der Waals surface area contributed by atoms with Gasteiger partial charge in [0.15, 0.2) is 5.82 Å². The maximum absolute atomic E-state index is 12.2. The summed E-state index contributed by atoms with van der Waals surface area (Å²) in [4.78, 5) is 12.2. The van der Waals surface area contributed by atoms with Gasteiger partial charge in [0.1, 0.15) is 6.54 Å². The van der Waals surface area contributed by atoms with Crippen LogP contribution in [-0.2, 0) is 17.9 Å². The Morgan fingerprint density at radius 3 is 2.48 bits per heavy atom. The Morgan fingerprint density at radius 1 is 1.12 bits per heavy atom. The summed E-state index contributed by atoms with van der Waals surface area (Å²) in [6.45, 7) is 4.37. The Morgan fingerprint density at radius 2 is 1.84 bits per heavy atom. The average molecular weight is 378 g/mol. The molecule has 0 unspecified atom stereocenters. The van der Waals surface area contributed by atoms with Crippen molar-refractivity contribution in [2.45, 2.75) is 26.9 Å². The van der Waals surface area contributed by atoms with Gasteiger partial charge >= 0.3 is 0 Å². The van der Waals surface area contributed by atoms with Gasteiger partial charge in [0.05, 0.1) is 6.54 Å². The Labute approximate surface area is 155 Å². The largest absolute Gasteiger partial charge is 0.308 e. The topological polar surface area (TPSA) is 64.7 Å². The lowest BCUT2D eigenvalue weighted by Gasteiger charge is -2.08. The van der Waals surface area contributed by atoms with Crippen molar-refractivity contribution in [3.8, 4) is 0 Å². The molecule has 0 saturated heterocycles. The first kappa shape index (κ1) is 17.5. The predicted octanol–water partition coefficient (Wildman–Crippen LogP) is 3.69. The zero-order chi connectivity index (χ0) is 18.0. The van der Waals surface area contributed by atoms with Gasteiger partial charge in [-0.05, 0) is 32.0 Å². The van der Waals surface area contributed by atoms with Crippen LogP contribution in [0.5, 0.6) is 0 Å².